The van der Waals surface area contributed by atoms with E-state index < -0.39 is 0 Å². The molecule has 0 fully saturated rings. The molecule has 0 aromatic heterocycles. The molecule has 0 saturated heterocycles. The lowest BCUT2D eigenvalue weighted by atomic mass is 9.97. The van der Waals surface area contributed by atoms with Gasteiger partial charge in [-0.2, -0.15) is 0 Å². The summed E-state index contributed by atoms with van der Waals surface area (Å²) in [6.07, 6.45) is 9.78. The summed E-state index contributed by atoms with van der Waals surface area (Å²) in [6, 6.07) is 3.96. The first-order chi connectivity index (χ1) is 10.1. The Hall–Kier alpha value is -0.960. The molecule has 0 amide bonds. The van der Waals surface area contributed by atoms with Gasteiger partial charge in [0.15, 0.2) is 0 Å². The quantitative estimate of drug-likeness (QED) is 0.600. The third-order valence-corrected chi connectivity index (χ3v) is 4.68. The van der Waals surface area contributed by atoms with Crippen LogP contribution >= 0.6 is 15.9 Å². The average Bonchev–Trinajstić information content (AvgIpc) is 2.97. The standard InChI is InChI=1S/C18H25BrO2/c1-13(8-9-15-6-4-5-7-15)12-21-18-14(2)10-16(20-3)11-17(18)19/h4,6,10-11,13,15H,5,7-9,12H2,1-3H3. The second-order valence-corrected chi connectivity index (χ2v) is 6.87. The maximum Gasteiger partial charge on any atom is 0.136 e. The van der Waals surface area contributed by atoms with Gasteiger partial charge in [-0.25, -0.2) is 0 Å². The van der Waals surface area contributed by atoms with Gasteiger partial charge in [-0.1, -0.05) is 19.1 Å². The van der Waals surface area contributed by atoms with Crippen molar-refractivity contribution in [3.63, 3.8) is 0 Å². The first-order valence-electron chi connectivity index (χ1n) is 7.73. The van der Waals surface area contributed by atoms with E-state index in [0.717, 1.165) is 34.1 Å². The number of aryl methyl sites for hydroxylation is 1. The number of halogens is 1. The number of rotatable bonds is 7. The Morgan fingerprint density at radius 2 is 2.19 bits per heavy atom. The minimum absolute atomic E-state index is 0.576. The Balaban J connectivity index is 1.83. The molecule has 2 atom stereocenters. The van der Waals surface area contributed by atoms with Crippen molar-refractivity contribution in [2.24, 2.45) is 11.8 Å². The number of methoxy groups -OCH3 is 1. The summed E-state index contributed by atoms with van der Waals surface area (Å²) < 4.78 is 12.2. The summed E-state index contributed by atoms with van der Waals surface area (Å²) >= 11 is 3.57. The van der Waals surface area contributed by atoms with Gasteiger partial charge in [-0.15, -0.1) is 0 Å². The summed E-state index contributed by atoms with van der Waals surface area (Å²) in [5.41, 5.74) is 1.10. The fourth-order valence-electron chi connectivity index (χ4n) is 2.74. The molecule has 0 heterocycles. The fourth-order valence-corrected chi connectivity index (χ4v) is 3.40. The molecule has 0 N–H and O–H groups in total. The number of hydrogen-bond donors (Lipinski definition) is 0. The lowest BCUT2D eigenvalue weighted by Gasteiger charge is -2.17. The molecular formula is C18H25BrO2. The van der Waals surface area contributed by atoms with Gasteiger partial charge in [0.05, 0.1) is 18.2 Å². The average molecular weight is 353 g/mol. The number of benzene rings is 1. The Morgan fingerprint density at radius 1 is 1.38 bits per heavy atom. The predicted octanol–water partition coefficient (Wildman–Crippen LogP) is 5.53. The zero-order chi connectivity index (χ0) is 15.2. The van der Waals surface area contributed by atoms with Crippen LogP contribution in [0.1, 0.15) is 38.2 Å². The van der Waals surface area contributed by atoms with Crippen LogP contribution in [-0.2, 0) is 0 Å². The van der Waals surface area contributed by atoms with Crippen molar-refractivity contribution in [2.75, 3.05) is 13.7 Å². The van der Waals surface area contributed by atoms with Gasteiger partial charge in [-0.3, -0.25) is 0 Å². The molecule has 0 radical (unpaired) electrons. The second-order valence-electron chi connectivity index (χ2n) is 6.01. The molecule has 0 saturated carbocycles. The molecule has 21 heavy (non-hydrogen) atoms. The maximum atomic E-state index is 6.02. The van der Waals surface area contributed by atoms with Crippen LogP contribution in [0.4, 0.5) is 0 Å². The molecule has 2 rings (SSSR count). The lowest BCUT2D eigenvalue weighted by molar-refractivity contribution is 0.242. The first-order valence-corrected chi connectivity index (χ1v) is 8.53. The van der Waals surface area contributed by atoms with Crippen LogP contribution in [0.25, 0.3) is 0 Å². The highest BCUT2D eigenvalue weighted by Gasteiger charge is 2.13. The van der Waals surface area contributed by atoms with Crippen molar-refractivity contribution in [3.8, 4) is 11.5 Å². The van der Waals surface area contributed by atoms with Crippen molar-refractivity contribution in [2.45, 2.75) is 39.5 Å². The van der Waals surface area contributed by atoms with E-state index in [1.54, 1.807) is 7.11 Å². The van der Waals surface area contributed by atoms with E-state index in [1.165, 1.54) is 25.7 Å². The van der Waals surface area contributed by atoms with Crippen molar-refractivity contribution in [1.29, 1.82) is 0 Å². The minimum Gasteiger partial charge on any atom is -0.497 e. The molecule has 1 aromatic rings. The molecule has 0 bridgehead atoms. The highest BCUT2D eigenvalue weighted by Crippen LogP contribution is 2.34. The number of hydrogen-bond acceptors (Lipinski definition) is 2. The third kappa shape index (κ3) is 4.77. The SMILES string of the molecule is COc1cc(C)c(OCC(C)CCC2C=CCC2)c(Br)c1. The van der Waals surface area contributed by atoms with E-state index in [1.807, 2.05) is 12.1 Å². The molecule has 1 aliphatic rings. The molecule has 3 heteroatoms. The van der Waals surface area contributed by atoms with Crippen molar-refractivity contribution in [3.05, 3.63) is 34.3 Å². The summed E-state index contributed by atoms with van der Waals surface area (Å²) in [5.74, 6) is 3.16. The molecule has 0 spiro atoms. The van der Waals surface area contributed by atoms with Crippen LogP contribution in [0.2, 0.25) is 0 Å². The zero-order valence-electron chi connectivity index (χ0n) is 13.2. The van der Waals surface area contributed by atoms with Gasteiger partial charge in [0.2, 0.25) is 0 Å². The molecule has 1 aromatic carbocycles. The minimum atomic E-state index is 0.576. The Morgan fingerprint density at radius 3 is 2.81 bits per heavy atom. The van der Waals surface area contributed by atoms with Crippen LogP contribution in [0.5, 0.6) is 11.5 Å². The zero-order valence-corrected chi connectivity index (χ0v) is 14.8. The second kappa shape index (κ2) is 7.88. The molecule has 0 aliphatic heterocycles. The van der Waals surface area contributed by atoms with E-state index in [9.17, 15) is 0 Å². The highest BCUT2D eigenvalue weighted by molar-refractivity contribution is 9.10. The van der Waals surface area contributed by atoms with Crippen LogP contribution in [0, 0.1) is 18.8 Å². The topological polar surface area (TPSA) is 18.5 Å². The van der Waals surface area contributed by atoms with Crippen LogP contribution < -0.4 is 9.47 Å². The Labute approximate surface area is 136 Å². The first kappa shape index (κ1) is 16.4. The third-order valence-electron chi connectivity index (χ3n) is 4.09. The van der Waals surface area contributed by atoms with Gasteiger partial charge in [0.1, 0.15) is 11.5 Å². The number of ether oxygens (including phenoxy) is 2. The number of allylic oxidation sites excluding steroid dienone is 2. The molecule has 2 nitrogen and oxygen atoms in total. The van der Waals surface area contributed by atoms with Gasteiger partial charge >= 0.3 is 0 Å². The van der Waals surface area contributed by atoms with Gasteiger partial charge < -0.3 is 9.47 Å². The van der Waals surface area contributed by atoms with Crippen LogP contribution in [0.3, 0.4) is 0 Å². The Kier molecular flexibility index (Phi) is 6.16. The van der Waals surface area contributed by atoms with Crippen LogP contribution in [0.15, 0.2) is 28.8 Å². The molecule has 116 valence electrons. The lowest BCUT2D eigenvalue weighted by Crippen LogP contribution is -2.11. The monoisotopic (exact) mass is 352 g/mol. The van der Waals surface area contributed by atoms with E-state index in [4.69, 9.17) is 9.47 Å². The van der Waals surface area contributed by atoms with Crippen molar-refractivity contribution in [1.82, 2.24) is 0 Å². The fraction of sp³-hybridized carbons (Fsp3) is 0.556. The highest BCUT2D eigenvalue weighted by atomic mass is 79.9. The molecular weight excluding hydrogens is 328 g/mol. The summed E-state index contributed by atoms with van der Waals surface area (Å²) in [4.78, 5) is 0. The van der Waals surface area contributed by atoms with Crippen LogP contribution in [-0.4, -0.2) is 13.7 Å². The van der Waals surface area contributed by atoms with Crippen molar-refractivity contribution >= 4 is 15.9 Å². The van der Waals surface area contributed by atoms with E-state index in [-0.39, 0.29) is 0 Å². The predicted molar refractivity (Wildman–Crippen MR) is 91.2 cm³/mol. The molecule has 1 aliphatic carbocycles. The largest absolute Gasteiger partial charge is 0.497 e. The summed E-state index contributed by atoms with van der Waals surface area (Å²) in [7, 11) is 1.68. The van der Waals surface area contributed by atoms with Gasteiger partial charge in [0, 0.05) is 0 Å². The Bertz CT molecular complexity index is 473. The van der Waals surface area contributed by atoms with E-state index >= 15 is 0 Å². The summed E-state index contributed by atoms with van der Waals surface area (Å²) in [6.45, 7) is 5.09. The maximum absolute atomic E-state index is 6.02. The van der Waals surface area contributed by atoms with E-state index in [2.05, 4.69) is 41.9 Å². The van der Waals surface area contributed by atoms with Gasteiger partial charge in [0.25, 0.3) is 0 Å². The van der Waals surface area contributed by atoms with Gasteiger partial charge in [-0.05, 0) is 78.1 Å². The normalized spacial score (nSPS) is 18.8. The van der Waals surface area contributed by atoms with Crippen molar-refractivity contribution < 1.29 is 9.47 Å². The smallest absolute Gasteiger partial charge is 0.136 e. The molecule has 2 unspecified atom stereocenters. The summed E-state index contributed by atoms with van der Waals surface area (Å²) in [5, 5.41) is 0. The van der Waals surface area contributed by atoms with E-state index in [0.29, 0.717) is 5.92 Å².